The third kappa shape index (κ3) is 3.37. The molecular formula is C44H28N4S. The molecule has 2 unspecified atom stereocenters. The Morgan fingerprint density at radius 2 is 1.24 bits per heavy atom. The first kappa shape index (κ1) is 26.0. The summed E-state index contributed by atoms with van der Waals surface area (Å²) in [5, 5.41) is 17.0. The van der Waals surface area contributed by atoms with E-state index in [-0.39, 0.29) is 12.1 Å². The number of anilines is 2. The molecule has 5 heteroatoms. The van der Waals surface area contributed by atoms with E-state index in [1.165, 1.54) is 91.7 Å². The summed E-state index contributed by atoms with van der Waals surface area (Å²) in [4.78, 5) is 0. The smallest absolute Gasteiger partial charge is 0.136 e. The molecule has 2 atom stereocenters. The second kappa shape index (κ2) is 9.31. The predicted octanol–water partition coefficient (Wildman–Crippen LogP) is 11.5. The van der Waals surface area contributed by atoms with Crippen molar-refractivity contribution < 1.29 is 0 Å². The van der Waals surface area contributed by atoms with E-state index in [0.717, 1.165) is 5.82 Å². The summed E-state index contributed by atoms with van der Waals surface area (Å²) in [5.74, 6) is 1.15. The van der Waals surface area contributed by atoms with Crippen LogP contribution in [0.5, 0.6) is 0 Å². The lowest BCUT2D eigenvalue weighted by molar-refractivity contribution is 0.760. The highest BCUT2D eigenvalue weighted by atomic mass is 32.1. The van der Waals surface area contributed by atoms with Crippen molar-refractivity contribution in [3.8, 4) is 16.8 Å². The van der Waals surface area contributed by atoms with Crippen molar-refractivity contribution in [2.45, 2.75) is 12.1 Å². The van der Waals surface area contributed by atoms with Gasteiger partial charge >= 0.3 is 0 Å². The lowest BCUT2D eigenvalue weighted by atomic mass is 9.97. The van der Waals surface area contributed by atoms with Crippen LogP contribution in [0.4, 0.5) is 11.5 Å². The topological polar surface area (TPSA) is 33.4 Å². The van der Waals surface area contributed by atoms with Gasteiger partial charge in [0, 0.05) is 52.8 Å². The van der Waals surface area contributed by atoms with E-state index in [1.807, 2.05) is 11.3 Å². The van der Waals surface area contributed by atoms with E-state index in [1.54, 1.807) is 0 Å². The normalized spacial score (nSPS) is 17.1. The summed E-state index contributed by atoms with van der Waals surface area (Å²) in [5.41, 5.74) is 9.78. The summed E-state index contributed by atoms with van der Waals surface area (Å²) < 4.78 is 7.55. The maximum absolute atomic E-state index is 3.93. The Hall–Kier alpha value is -6.04. The second-order valence-electron chi connectivity index (χ2n) is 13.4. The zero-order valence-electron chi connectivity index (χ0n) is 26.3. The molecule has 6 aromatic carbocycles. The van der Waals surface area contributed by atoms with Gasteiger partial charge in [0.1, 0.15) is 5.82 Å². The van der Waals surface area contributed by atoms with E-state index in [0.29, 0.717) is 0 Å². The first-order chi connectivity index (χ1) is 24.3. The number of hydrogen-bond donors (Lipinski definition) is 2. The molecule has 0 fully saturated rings. The number of aromatic nitrogens is 2. The maximum atomic E-state index is 3.93. The Balaban J connectivity index is 1.16. The zero-order valence-corrected chi connectivity index (χ0v) is 27.1. The number of hydrogen-bond acceptors (Lipinski definition) is 3. The lowest BCUT2D eigenvalue weighted by Gasteiger charge is -2.33. The number of benzene rings is 6. The molecule has 0 amide bonds. The first-order valence-electron chi connectivity index (χ1n) is 16.9. The van der Waals surface area contributed by atoms with Gasteiger partial charge in [-0.15, -0.1) is 11.3 Å². The first-order valence-corrected chi connectivity index (χ1v) is 17.8. The molecule has 12 rings (SSSR count). The molecule has 230 valence electrons. The molecule has 49 heavy (non-hydrogen) atoms. The highest BCUT2D eigenvalue weighted by Crippen LogP contribution is 2.51. The van der Waals surface area contributed by atoms with Crippen LogP contribution in [0.15, 0.2) is 146 Å². The fourth-order valence-corrected chi connectivity index (χ4v) is 9.91. The Morgan fingerprint density at radius 3 is 2.14 bits per heavy atom. The number of allylic oxidation sites excluding steroid dienone is 2. The van der Waals surface area contributed by atoms with Gasteiger partial charge in [-0.1, -0.05) is 97.1 Å². The molecule has 10 aromatic rings. The van der Waals surface area contributed by atoms with Crippen LogP contribution in [-0.2, 0) is 0 Å². The monoisotopic (exact) mass is 644 g/mol. The largest absolute Gasteiger partial charge is 0.373 e. The Labute approximate surface area is 285 Å². The van der Waals surface area contributed by atoms with Crippen LogP contribution in [0, 0.1) is 0 Å². The van der Waals surface area contributed by atoms with Gasteiger partial charge in [-0.2, -0.15) is 0 Å². The SMILES string of the molecule is C1=CC2Nc3c(n4c5ccc(-c6ccc7c8ccccc8n(-c8ccccc8)c7c6)cc5c5c6c(cc3c54)sc3ccccc36)NC2C=C1. The molecule has 0 saturated carbocycles. The third-order valence-corrected chi connectivity index (χ3v) is 12.0. The molecule has 2 N–H and O–H groups in total. The molecule has 1 aliphatic carbocycles. The molecule has 0 radical (unpaired) electrons. The molecule has 0 saturated heterocycles. The number of nitrogens with one attached hydrogen (secondary N) is 2. The number of thiophene rings is 1. The van der Waals surface area contributed by atoms with Crippen molar-refractivity contribution in [1.29, 1.82) is 0 Å². The van der Waals surface area contributed by atoms with Crippen molar-refractivity contribution in [1.82, 2.24) is 8.97 Å². The van der Waals surface area contributed by atoms with Gasteiger partial charge in [-0.25, -0.2) is 0 Å². The van der Waals surface area contributed by atoms with Crippen molar-refractivity contribution in [2.75, 3.05) is 10.6 Å². The zero-order chi connectivity index (χ0) is 31.8. The van der Waals surface area contributed by atoms with Gasteiger partial charge in [0.15, 0.2) is 0 Å². The average Bonchev–Trinajstić information content (AvgIpc) is 3.88. The number of rotatable bonds is 2. The van der Waals surface area contributed by atoms with Gasteiger partial charge < -0.3 is 15.2 Å². The van der Waals surface area contributed by atoms with Crippen molar-refractivity contribution in [3.05, 3.63) is 146 Å². The van der Waals surface area contributed by atoms with Crippen LogP contribution in [-0.4, -0.2) is 21.1 Å². The molecule has 5 heterocycles. The van der Waals surface area contributed by atoms with Crippen LogP contribution in [0.3, 0.4) is 0 Å². The second-order valence-corrected chi connectivity index (χ2v) is 14.5. The van der Waals surface area contributed by atoms with Crippen LogP contribution in [0.2, 0.25) is 0 Å². The Bertz CT molecular complexity index is 3060. The van der Waals surface area contributed by atoms with E-state index in [9.17, 15) is 0 Å². The van der Waals surface area contributed by atoms with E-state index < -0.39 is 0 Å². The van der Waals surface area contributed by atoms with Gasteiger partial charge in [0.2, 0.25) is 0 Å². The third-order valence-electron chi connectivity index (χ3n) is 10.9. The van der Waals surface area contributed by atoms with Crippen LogP contribution < -0.4 is 10.6 Å². The minimum atomic E-state index is 0.204. The molecule has 0 bridgehead atoms. The predicted molar refractivity (Wildman–Crippen MR) is 209 cm³/mol. The van der Waals surface area contributed by atoms with Gasteiger partial charge in [-0.05, 0) is 59.7 Å². The van der Waals surface area contributed by atoms with Gasteiger partial charge in [0.25, 0.3) is 0 Å². The summed E-state index contributed by atoms with van der Waals surface area (Å²) in [6.07, 6.45) is 8.83. The van der Waals surface area contributed by atoms with E-state index in [2.05, 4.69) is 165 Å². The number of nitrogens with zero attached hydrogens (tertiary/aromatic N) is 2. The molecule has 2 aliphatic rings. The maximum Gasteiger partial charge on any atom is 0.136 e. The van der Waals surface area contributed by atoms with Crippen molar-refractivity contribution in [3.63, 3.8) is 0 Å². The van der Waals surface area contributed by atoms with Crippen LogP contribution in [0.25, 0.3) is 86.0 Å². The van der Waals surface area contributed by atoms with Crippen molar-refractivity contribution >= 4 is 92.0 Å². The fraction of sp³-hybridized carbons (Fsp3) is 0.0455. The van der Waals surface area contributed by atoms with Gasteiger partial charge in [-0.3, -0.25) is 4.40 Å². The summed E-state index contributed by atoms with van der Waals surface area (Å²) >= 11 is 1.90. The Kier molecular flexibility index (Phi) is 4.94. The van der Waals surface area contributed by atoms with Crippen LogP contribution >= 0.6 is 11.3 Å². The quantitative estimate of drug-likeness (QED) is 0.196. The molecule has 0 spiro atoms. The lowest BCUT2D eigenvalue weighted by Crippen LogP contribution is -2.41. The highest BCUT2D eigenvalue weighted by Gasteiger charge is 2.32. The molecule has 1 aliphatic heterocycles. The molecule has 4 nitrogen and oxygen atoms in total. The fourth-order valence-electron chi connectivity index (χ4n) is 8.76. The van der Waals surface area contributed by atoms with Crippen LogP contribution in [0.1, 0.15) is 0 Å². The molecular weight excluding hydrogens is 617 g/mol. The summed E-state index contributed by atoms with van der Waals surface area (Å²) in [6.45, 7) is 0. The average molecular weight is 645 g/mol. The summed E-state index contributed by atoms with van der Waals surface area (Å²) in [6, 6.07) is 45.3. The Morgan fingerprint density at radius 1 is 0.510 bits per heavy atom. The minimum absolute atomic E-state index is 0.204. The molecule has 4 aromatic heterocycles. The van der Waals surface area contributed by atoms with Crippen molar-refractivity contribution in [2.24, 2.45) is 0 Å². The summed E-state index contributed by atoms with van der Waals surface area (Å²) in [7, 11) is 0. The van der Waals surface area contributed by atoms with Gasteiger partial charge in [0.05, 0.1) is 39.8 Å². The number of para-hydroxylation sites is 2. The standard InChI is InChI=1S/C44H28N4S/c1-2-10-27(11-3-1)47-35-16-8-4-12-28(35)29-20-18-26(23-37(29)47)25-19-21-36-31(22-25)41-40-30-13-5-9-17-38(30)49-39(40)24-32-42-44(48(36)43(32)41)46-34-15-7-6-14-33(34)45-42/h1-24,33-34,45-46H. The van der Waals surface area contributed by atoms with E-state index >= 15 is 0 Å². The highest BCUT2D eigenvalue weighted by molar-refractivity contribution is 7.26. The van der Waals surface area contributed by atoms with E-state index in [4.69, 9.17) is 0 Å². The number of fused-ring (bicyclic) bond motifs is 14. The minimum Gasteiger partial charge on any atom is -0.373 e.